The van der Waals surface area contributed by atoms with Crippen LogP contribution in [0.1, 0.15) is 43.2 Å². The van der Waals surface area contributed by atoms with Crippen molar-refractivity contribution >= 4 is 16.2 Å². The van der Waals surface area contributed by atoms with Gasteiger partial charge in [0.25, 0.3) is 0 Å². The van der Waals surface area contributed by atoms with Crippen LogP contribution < -0.4 is 8.92 Å². The number of benzene rings is 1. The van der Waals surface area contributed by atoms with Gasteiger partial charge in [-0.25, -0.2) is 0 Å². The lowest BCUT2D eigenvalue weighted by molar-refractivity contribution is -0.188. The fraction of sp³-hybridized carbons (Fsp3) is 0.650. The second-order valence-corrected chi connectivity index (χ2v) is 10.2. The molecule has 156 valence electrons. The highest BCUT2D eigenvalue weighted by atomic mass is 32.3. The van der Waals surface area contributed by atoms with E-state index in [0.717, 1.165) is 18.7 Å². The average molecular weight is 421 g/mol. The van der Waals surface area contributed by atoms with Gasteiger partial charge in [-0.05, 0) is 56.2 Å². The highest BCUT2D eigenvalue weighted by Crippen LogP contribution is 2.65. The first kappa shape index (κ1) is 18.1. The Labute approximate surface area is 168 Å². The highest BCUT2D eigenvalue weighted by Gasteiger charge is 2.73. The number of carbonyl (C=O) groups excluding carboxylic acids is 1. The largest absolute Gasteiger partial charge is 0.477 e. The summed E-state index contributed by atoms with van der Waals surface area (Å²) in [6, 6.07) is 3.15. The lowest BCUT2D eigenvalue weighted by Gasteiger charge is -2.62. The molecule has 4 atom stereocenters. The molecule has 0 aromatic heterocycles. The minimum atomic E-state index is -4.74. The number of carbonyl (C=O) groups is 1. The van der Waals surface area contributed by atoms with E-state index in [4.69, 9.17) is 13.5 Å². The maximum atomic E-state index is 12.9. The van der Waals surface area contributed by atoms with Crippen molar-refractivity contribution in [3.63, 3.8) is 0 Å². The zero-order valence-electron chi connectivity index (χ0n) is 15.8. The van der Waals surface area contributed by atoms with Crippen molar-refractivity contribution in [2.24, 2.45) is 5.92 Å². The van der Waals surface area contributed by atoms with Crippen molar-refractivity contribution in [2.45, 2.75) is 61.7 Å². The van der Waals surface area contributed by atoms with Gasteiger partial charge in [-0.3, -0.25) is 14.2 Å². The summed E-state index contributed by atoms with van der Waals surface area (Å²) in [7, 11) is -4.74. The van der Waals surface area contributed by atoms with Gasteiger partial charge in [0, 0.05) is 24.6 Å². The van der Waals surface area contributed by atoms with Crippen molar-refractivity contribution < 1.29 is 31.8 Å². The zero-order valence-corrected chi connectivity index (χ0v) is 16.7. The van der Waals surface area contributed by atoms with E-state index in [-0.39, 0.29) is 29.7 Å². The minimum Gasteiger partial charge on any atom is -0.477 e. The summed E-state index contributed by atoms with van der Waals surface area (Å²) in [6.07, 6.45) is 3.39. The van der Waals surface area contributed by atoms with E-state index in [2.05, 4.69) is 4.90 Å². The Kier molecular flexibility index (Phi) is 3.44. The van der Waals surface area contributed by atoms with Crippen molar-refractivity contribution in [1.29, 1.82) is 0 Å². The molecule has 2 bridgehead atoms. The molecule has 6 rings (SSSR count). The molecule has 1 saturated heterocycles. The van der Waals surface area contributed by atoms with Gasteiger partial charge in [-0.2, -0.15) is 8.42 Å². The van der Waals surface area contributed by atoms with E-state index in [1.165, 1.54) is 18.9 Å². The first-order chi connectivity index (χ1) is 13.7. The smallest absolute Gasteiger partial charge is 0.446 e. The van der Waals surface area contributed by atoms with Gasteiger partial charge < -0.3 is 14.0 Å². The summed E-state index contributed by atoms with van der Waals surface area (Å²) >= 11 is 0. The van der Waals surface area contributed by atoms with Crippen LogP contribution in [-0.2, 0) is 27.0 Å². The van der Waals surface area contributed by atoms with Crippen LogP contribution in [0.2, 0.25) is 0 Å². The van der Waals surface area contributed by atoms with Gasteiger partial charge in [0.2, 0.25) is 0 Å². The molecule has 2 saturated carbocycles. The Morgan fingerprint density at radius 1 is 1.28 bits per heavy atom. The molecule has 0 unspecified atom stereocenters. The average Bonchev–Trinajstić information content (AvgIpc) is 3.38. The molecule has 2 heterocycles. The SMILES string of the molecule is O=C1CC[C@@]2(O)[C@H]3Cc4ccc(OS(=O)(=O)O)c5c4[C@@]2(CCN3CC2CC2)[C@H]1O5. The zero-order chi connectivity index (χ0) is 20.2. The Bertz CT molecular complexity index is 1040. The Morgan fingerprint density at radius 2 is 2.07 bits per heavy atom. The lowest BCUT2D eigenvalue weighted by Crippen LogP contribution is -2.76. The number of rotatable bonds is 4. The van der Waals surface area contributed by atoms with Crippen LogP contribution in [0.3, 0.4) is 0 Å². The number of likely N-dealkylation sites (tertiary alicyclic amines) is 1. The summed E-state index contributed by atoms with van der Waals surface area (Å²) in [5, 5.41) is 12.1. The first-order valence-corrected chi connectivity index (χ1v) is 11.6. The van der Waals surface area contributed by atoms with Crippen LogP contribution in [0.25, 0.3) is 0 Å². The van der Waals surface area contributed by atoms with E-state index in [0.29, 0.717) is 30.7 Å². The molecule has 5 aliphatic rings. The number of Topliss-reactive ketones (excluding diaryl/α,β-unsaturated/α-hetero) is 1. The first-order valence-electron chi connectivity index (χ1n) is 10.2. The maximum Gasteiger partial charge on any atom is 0.446 e. The lowest BCUT2D eigenvalue weighted by atomic mass is 9.49. The second kappa shape index (κ2) is 5.51. The molecule has 1 aromatic rings. The third-order valence-electron chi connectivity index (χ3n) is 7.74. The number of ketones is 1. The van der Waals surface area contributed by atoms with Crippen molar-refractivity contribution in [1.82, 2.24) is 4.90 Å². The van der Waals surface area contributed by atoms with Crippen molar-refractivity contribution in [2.75, 3.05) is 13.1 Å². The molecule has 0 radical (unpaired) electrons. The second-order valence-electron chi connectivity index (χ2n) is 9.21. The molecular weight excluding hydrogens is 398 g/mol. The molecule has 0 amide bonds. The van der Waals surface area contributed by atoms with Gasteiger partial charge in [0.1, 0.15) is 0 Å². The molecule has 3 aliphatic carbocycles. The number of nitrogens with zero attached hydrogens (tertiary/aromatic N) is 1. The van der Waals surface area contributed by atoms with E-state index in [1.54, 1.807) is 6.07 Å². The quantitative estimate of drug-likeness (QED) is 0.693. The fourth-order valence-corrected chi connectivity index (χ4v) is 6.79. The Morgan fingerprint density at radius 3 is 2.79 bits per heavy atom. The fourth-order valence-electron chi connectivity index (χ4n) is 6.43. The predicted octanol–water partition coefficient (Wildman–Crippen LogP) is 1.00. The number of hydrogen-bond donors (Lipinski definition) is 2. The van der Waals surface area contributed by atoms with Crippen LogP contribution >= 0.6 is 0 Å². The minimum absolute atomic E-state index is 0.0778. The topological polar surface area (TPSA) is 113 Å². The third kappa shape index (κ3) is 2.30. The van der Waals surface area contributed by atoms with Crippen LogP contribution in [-0.4, -0.2) is 59.6 Å². The molecule has 29 heavy (non-hydrogen) atoms. The summed E-state index contributed by atoms with van der Waals surface area (Å²) in [5.41, 5.74) is -0.362. The Hall–Kier alpha value is -1.68. The summed E-state index contributed by atoms with van der Waals surface area (Å²) in [4.78, 5) is 15.3. The molecule has 3 fully saturated rings. The summed E-state index contributed by atoms with van der Waals surface area (Å²) < 4.78 is 42.6. The normalized spacial score (nSPS) is 37.8. The highest BCUT2D eigenvalue weighted by molar-refractivity contribution is 7.81. The number of aliphatic hydroxyl groups is 1. The molecule has 2 N–H and O–H groups in total. The molecule has 9 heteroatoms. The van der Waals surface area contributed by atoms with Crippen LogP contribution in [0.15, 0.2) is 12.1 Å². The number of piperidine rings is 1. The van der Waals surface area contributed by atoms with Crippen LogP contribution in [0.5, 0.6) is 11.5 Å². The van der Waals surface area contributed by atoms with Gasteiger partial charge in [-0.15, -0.1) is 0 Å². The van der Waals surface area contributed by atoms with Crippen LogP contribution in [0, 0.1) is 5.92 Å². The molecule has 8 nitrogen and oxygen atoms in total. The monoisotopic (exact) mass is 421 g/mol. The predicted molar refractivity (Wildman–Crippen MR) is 100 cm³/mol. The van der Waals surface area contributed by atoms with E-state index < -0.39 is 27.5 Å². The van der Waals surface area contributed by atoms with Crippen molar-refractivity contribution in [3.05, 3.63) is 23.3 Å². The molecule has 1 aromatic carbocycles. The Balaban J connectivity index is 1.54. The molecule has 2 aliphatic heterocycles. The number of ether oxygens (including phenoxy) is 1. The third-order valence-corrected chi connectivity index (χ3v) is 8.13. The number of hydrogen-bond acceptors (Lipinski definition) is 7. The van der Waals surface area contributed by atoms with Gasteiger partial charge in [-0.1, -0.05) is 6.07 Å². The van der Waals surface area contributed by atoms with Gasteiger partial charge in [0.05, 0.1) is 11.0 Å². The maximum absolute atomic E-state index is 12.9. The van der Waals surface area contributed by atoms with Crippen LogP contribution in [0.4, 0.5) is 0 Å². The molecule has 1 spiro atoms. The standard InChI is InChI=1S/C20H23NO7S/c22-13-5-6-20(23)15-9-12-3-4-14(28-29(24,25)26)17-16(12)19(20,18(13)27-17)7-8-21(15)10-11-1-2-11/h3-4,11,15,18,23H,1-2,5-10H2,(H,24,25,26)/t15-,18+,19+,20-/m1/s1. The van der Waals surface area contributed by atoms with Gasteiger partial charge in [0.15, 0.2) is 23.4 Å². The molecular formula is C20H23NO7S. The van der Waals surface area contributed by atoms with Gasteiger partial charge >= 0.3 is 10.4 Å². The van der Waals surface area contributed by atoms with E-state index >= 15 is 0 Å². The summed E-state index contributed by atoms with van der Waals surface area (Å²) in [6.45, 7) is 1.73. The summed E-state index contributed by atoms with van der Waals surface area (Å²) in [5.74, 6) is 0.652. The van der Waals surface area contributed by atoms with E-state index in [1.807, 2.05) is 0 Å². The van der Waals surface area contributed by atoms with E-state index in [9.17, 15) is 18.3 Å². The van der Waals surface area contributed by atoms with Crippen molar-refractivity contribution in [3.8, 4) is 11.5 Å².